The molecule has 0 aliphatic heterocycles. The predicted octanol–water partition coefficient (Wildman–Crippen LogP) is 0.538. The number of carbonyl (C=O) groups is 3. The number of hydrogen-bond acceptors (Lipinski definition) is 6. The molecule has 7 nitrogen and oxygen atoms in total. The molecule has 22 heavy (non-hydrogen) atoms. The Bertz CT molecular complexity index is 530. The zero-order chi connectivity index (χ0) is 16.6. The molecular weight excluding hydrogens is 290 g/mol. The molecule has 120 valence electrons. The van der Waals surface area contributed by atoms with Gasteiger partial charge < -0.3 is 19.5 Å². The lowest BCUT2D eigenvalue weighted by molar-refractivity contribution is -0.164. The van der Waals surface area contributed by atoms with Crippen LogP contribution in [0.4, 0.5) is 0 Å². The maximum absolute atomic E-state index is 12.2. The molecule has 0 fully saturated rings. The van der Waals surface area contributed by atoms with Gasteiger partial charge in [0, 0.05) is 12.7 Å². The molecule has 0 aliphatic rings. The van der Waals surface area contributed by atoms with Crippen LogP contribution < -0.4 is 5.32 Å². The van der Waals surface area contributed by atoms with Crippen molar-refractivity contribution in [1.29, 1.82) is 0 Å². The molecule has 1 amide bonds. The largest absolute Gasteiger partial charge is 0.467 e. The summed E-state index contributed by atoms with van der Waals surface area (Å²) >= 11 is 0. The minimum Gasteiger partial charge on any atom is -0.467 e. The minimum absolute atomic E-state index is 0.0386. The summed E-state index contributed by atoms with van der Waals surface area (Å²) in [4.78, 5) is 36.2. The molecule has 1 atom stereocenters. The van der Waals surface area contributed by atoms with Crippen molar-refractivity contribution in [1.82, 2.24) is 5.32 Å². The van der Waals surface area contributed by atoms with E-state index in [4.69, 9.17) is 9.47 Å². The molecule has 0 saturated carbocycles. The number of amides is 1. The van der Waals surface area contributed by atoms with E-state index in [1.165, 1.54) is 14.0 Å². The van der Waals surface area contributed by atoms with Crippen LogP contribution in [0, 0.1) is 0 Å². The van der Waals surface area contributed by atoms with Gasteiger partial charge in [-0.2, -0.15) is 0 Å². The van der Waals surface area contributed by atoms with Gasteiger partial charge in [-0.05, 0) is 19.1 Å². The summed E-state index contributed by atoms with van der Waals surface area (Å²) in [5.74, 6) is -2.42. The van der Waals surface area contributed by atoms with Gasteiger partial charge in [-0.25, -0.2) is 9.59 Å². The third-order valence-corrected chi connectivity index (χ3v) is 2.92. The fraction of sp³-hybridized carbons (Fsp3) is 0.400. The van der Waals surface area contributed by atoms with Crippen LogP contribution in [-0.4, -0.2) is 50.8 Å². The Morgan fingerprint density at radius 3 is 2.23 bits per heavy atom. The van der Waals surface area contributed by atoms with Crippen LogP contribution in [0.3, 0.4) is 0 Å². The van der Waals surface area contributed by atoms with Gasteiger partial charge >= 0.3 is 11.9 Å². The summed E-state index contributed by atoms with van der Waals surface area (Å²) in [7, 11) is 2.57. The summed E-state index contributed by atoms with van der Waals surface area (Å²) in [6.45, 7) is 1.37. The number of methoxy groups -OCH3 is 2. The van der Waals surface area contributed by atoms with Gasteiger partial charge in [-0.1, -0.05) is 18.2 Å². The van der Waals surface area contributed by atoms with Crippen molar-refractivity contribution in [3.63, 3.8) is 0 Å². The van der Waals surface area contributed by atoms with Gasteiger partial charge in [-0.15, -0.1) is 0 Å². The second-order valence-corrected chi connectivity index (χ2v) is 4.57. The summed E-state index contributed by atoms with van der Waals surface area (Å²) in [6.07, 6.45) is 0. The lowest BCUT2D eigenvalue weighted by Gasteiger charge is -2.25. The molecule has 0 radical (unpaired) electrons. The Balaban J connectivity index is 2.90. The van der Waals surface area contributed by atoms with Gasteiger partial charge in [0.15, 0.2) is 0 Å². The highest BCUT2D eigenvalue weighted by Crippen LogP contribution is 2.11. The highest BCUT2D eigenvalue weighted by molar-refractivity contribution is 6.09. The van der Waals surface area contributed by atoms with E-state index in [-0.39, 0.29) is 13.2 Å². The Labute approximate surface area is 128 Å². The van der Waals surface area contributed by atoms with Gasteiger partial charge in [0.05, 0.1) is 13.7 Å². The molecule has 0 bridgehead atoms. The van der Waals surface area contributed by atoms with Crippen LogP contribution in [-0.2, 0) is 23.8 Å². The van der Waals surface area contributed by atoms with Crippen molar-refractivity contribution in [3.8, 4) is 0 Å². The second kappa shape index (κ2) is 8.14. The molecule has 0 unspecified atom stereocenters. The second-order valence-electron chi connectivity index (χ2n) is 4.57. The third-order valence-electron chi connectivity index (χ3n) is 2.92. The molecule has 0 heterocycles. The van der Waals surface area contributed by atoms with E-state index in [0.29, 0.717) is 5.56 Å². The van der Waals surface area contributed by atoms with E-state index >= 15 is 0 Å². The Morgan fingerprint density at radius 1 is 1.05 bits per heavy atom. The monoisotopic (exact) mass is 309 g/mol. The van der Waals surface area contributed by atoms with Gasteiger partial charge in [0.25, 0.3) is 5.91 Å². The van der Waals surface area contributed by atoms with E-state index in [0.717, 1.165) is 7.11 Å². The quantitative estimate of drug-likeness (QED) is 0.449. The first kappa shape index (κ1) is 17.6. The number of esters is 2. The van der Waals surface area contributed by atoms with Crippen molar-refractivity contribution in [3.05, 3.63) is 35.9 Å². The number of nitrogens with one attached hydrogen (secondary N) is 1. The molecule has 7 heteroatoms. The highest BCUT2D eigenvalue weighted by Gasteiger charge is 2.45. The molecule has 0 saturated heterocycles. The van der Waals surface area contributed by atoms with E-state index in [2.05, 4.69) is 10.1 Å². The van der Waals surface area contributed by atoms with Crippen molar-refractivity contribution < 1.29 is 28.6 Å². The molecule has 0 aromatic heterocycles. The lowest BCUT2D eigenvalue weighted by Crippen LogP contribution is -2.59. The zero-order valence-corrected chi connectivity index (χ0v) is 12.8. The number of carbonyl (C=O) groups excluding carboxylic acids is 3. The van der Waals surface area contributed by atoms with E-state index in [1.807, 2.05) is 0 Å². The predicted molar refractivity (Wildman–Crippen MR) is 77.2 cm³/mol. The SMILES string of the molecule is COCCOC(=O)[C@@](C)(NC(=O)c1ccccc1)C(=O)OC. The van der Waals surface area contributed by atoms with Crippen molar-refractivity contribution in [2.45, 2.75) is 12.5 Å². The summed E-state index contributed by atoms with van der Waals surface area (Å²) in [5.41, 5.74) is -1.63. The summed E-state index contributed by atoms with van der Waals surface area (Å²) in [6, 6.07) is 8.20. The van der Waals surface area contributed by atoms with E-state index in [1.54, 1.807) is 30.3 Å². The maximum Gasteiger partial charge on any atom is 0.343 e. The average molecular weight is 309 g/mol. The van der Waals surface area contributed by atoms with Crippen molar-refractivity contribution in [2.75, 3.05) is 27.4 Å². The van der Waals surface area contributed by atoms with Crippen LogP contribution in [0.1, 0.15) is 17.3 Å². The molecule has 1 aromatic rings. The van der Waals surface area contributed by atoms with Crippen LogP contribution in [0.2, 0.25) is 0 Å². The Hall–Kier alpha value is -2.41. The molecule has 1 rings (SSSR count). The molecule has 1 N–H and O–H groups in total. The number of benzene rings is 1. The smallest absolute Gasteiger partial charge is 0.343 e. The first-order valence-electron chi connectivity index (χ1n) is 6.58. The van der Waals surface area contributed by atoms with Crippen molar-refractivity contribution in [2.24, 2.45) is 0 Å². The average Bonchev–Trinajstić information content (AvgIpc) is 2.54. The van der Waals surface area contributed by atoms with Gasteiger partial charge in [0.2, 0.25) is 5.54 Å². The van der Waals surface area contributed by atoms with Gasteiger partial charge in [-0.3, -0.25) is 4.79 Å². The van der Waals surface area contributed by atoms with Crippen LogP contribution in [0.15, 0.2) is 30.3 Å². The zero-order valence-electron chi connectivity index (χ0n) is 12.8. The Morgan fingerprint density at radius 2 is 1.68 bits per heavy atom. The fourth-order valence-electron chi connectivity index (χ4n) is 1.64. The first-order valence-corrected chi connectivity index (χ1v) is 6.58. The Kier molecular flexibility index (Phi) is 6.52. The summed E-state index contributed by atoms with van der Waals surface area (Å²) < 4.78 is 14.3. The van der Waals surface area contributed by atoms with Crippen molar-refractivity contribution >= 4 is 17.8 Å². The third kappa shape index (κ3) is 4.29. The van der Waals surface area contributed by atoms with Crippen LogP contribution in [0.5, 0.6) is 0 Å². The molecule has 0 aliphatic carbocycles. The minimum atomic E-state index is -1.94. The lowest BCUT2D eigenvalue weighted by atomic mass is 10.0. The first-order chi connectivity index (χ1) is 10.5. The summed E-state index contributed by atoms with van der Waals surface area (Å²) in [5, 5.41) is 2.36. The standard InChI is InChI=1S/C15H19NO6/c1-15(13(18)21-3,14(19)22-10-9-20-2)16-12(17)11-7-5-4-6-8-11/h4-8H,9-10H2,1-3H3,(H,16,17)/t15-/m0/s1. The van der Waals surface area contributed by atoms with E-state index < -0.39 is 23.4 Å². The van der Waals surface area contributed by atoms with Crippen LogP contribution >= 0.6 is 0 Å². The topological polar surface area (TPSA) is 90.9 Å². The van der Waals surface area contributed by atoms with E-state index in [9.17, 15) is 14.4 Å². The maximum atomic E-state index is 12.2. The highest BCUT2D eigenvalue weighted by atomic mass is 16.6. The normalized spacial score (nSPS) is 12.9. The van der Waals surface area contributed by atoms with Gasteiger partial charge in [0.1, 0.15) is 6.61 Å². The molecule has 0 spiro atoms. The van der Waals surface area contributed by atoms with Crippen LogP contribution in [0.25, 0.3) is 0 Å². The number of rotatable bonds is 7. The molecular formula is C15H19NO6. The fourth-order valence-corrected chi connectivity index (χ4v) is 1.64. The number of hydrogen-bond donors (Lipinski definition) is 1. The number of ether oxygens (including phenoxy) is 3. The molecule has 1 aromatic carbocycles.